The Kier molecular flexibility index (Phi) is 15.8. The summed E-state index contributed by atoms with van der Waals surface area (Å²) in [6.07, 6.45) is 1.77. The van der Waals surface area contributed by atoms with Crippen molar-refractivity contribution in [3.8, 4) is 0 Å². The number of carbonyl (C=O) groups excluding carboxylic acids is 4. The summed E-state index contributed by atoms with van der Waals surface area (Å²) in [6, 6.07) is 8.98. The molecule has 0 fully saturated rings. The molecule has 11 heteroatoms. The summed E-state index contributed by atoms with van der Waals surface area (Å²) in [6.45, 7) is 13.7. The molecule has 0 aliphatic carbocycles. The van der Waals surface area contributed by atoms with Crippen molar-refractivity contribution < 1.29 is 23.9 Å². The Hall–Kier alpha value is -3.31. The van der Waals surface area contributed by atoms with E-state index in [1.807, 2.05) is 45.9 Å². The quantitative estimate of drug-likeness (QED) is 0.214. The van der Waals surface area contributed by atoms with Crippen LogP contribution in [0.5, 0.6) is 0 Å². The molecular formula is C35H55N5O5S. The van der Waals surface area contributed by atoms with Crippen LogP contribution in [-0.2, 0) is 25.5 Å². The zero-order chi connectivity index (χ0) is 34.6. The molecule has 5 atom stereocenters. The van der Waals surface area contributed by atoms with Gasteiger partial charge in [0.25, 0.3) is 5.91 Å². The number of likely N-dealkylation sites (N-methyl/N-ethyl adjacent to an activating group) is 2. The van der Waals surface area contributed by atoms with Crippen LogP contribution in [0.1, 0.15) is 94.9 Å². The lowest BCUT2D eigenvalue weighted by atomic mass is 9.93. The number of esters is 1. The van der Waals surface area contributed by atoms with Crippen LogP contribution in [-0.4, -0.2) is 84.3 Å². The molecule has 0 aliphatic heterocycles. The van der Waals surface area contributed by atoms with E-state index < -0.39 is 18.1 Å². The van der Waals surface area contributed by atoms with Crippen molar-refractivity contribution in [1.82, 2.24) is 25.4 Å². The number of thiazole rings is 1. The second-order valence-electron chi connectivity index (χ2n) is 13.3. The Labute approximate surface area is 279 Å². The van der Waals surface area contributed by atoms with Gasteiger partial charge in [0, 0.05) is 37.9 Å². The van der Waals surface area contributed by atoms with Crippen molar-refractivity contribution in [3.05, 3.63) is 52.0 Å². The summed E-state index contributed by atoms with van der Waals surface area (Å²) in [5, 5.41) is 8.28. The summed E-state index contributed by atoms with van der Waals surface area (Å²) in [4.78, 5) is 60.2. The number of benzene rings is 1. The van der Waals surface area contributed by atoms with Gasteiger partial charge in [0.2, 0.25) is 11.8 Å². The Morgan fingerprint density at radius 2 is 1.61 bits per heavy atom. The molecule has 256 valence electrons. The zero-order valence-electron chi connectivity index (χ0n) is 29.3. The highest BCUT2D eigenvalue weighted by atomic mass is 32.1. The number of carbonyl (C=O) groups is 4. The van der Waals surface area contributed by atoms with E-state index in [0.29, 0.717) is 23.8 Å². The lowest BCUT2D eigenvalue weighted by Gasteiger charge is -2.37. The Bertz CT molecular complexity index is 1270. The minimum Gasteiger partial charge on any atom is -0.455 e. The van der Waals surface area contributed by atoms with Gasteiger partial charge < -0.3 is 25.2 Å². The highest BCUT2D eigenvalue weighted by Gasteiger charge is 2.35. The van der Waals surface area contributed by atoms with Gasteiger partial charge in [-0.25, -0.2) is 4.98 Å². The molecule has 1 aromatic carbocycles. The van der Waals surface area contributed by atoms with Crippen molar-refractivity contribution >= 4 is 35.0 Å². The molecular weight excluding hydrogens is 602 g/mol. The summed E-state index contributed by atoms with van der Waals surface area (Å²) in [5.41, 5.74) is 1.42. The monoisotopic (exact) mass is 657 g/mol. The maximum absolute atomic E-state index is 13.9. The summed E-state index contributed by atoms with van der Waals surface area (Å²) >= 11 is 1.26. The molecule has 2 rings (SSSR count). The van der Waals surface area contributed by atoms with E-state index in [2.05, 4.69) is 41.6 Å². The maximum atomic E-state index is 13.9. The number of amides is 3. The third-order valence-corrected chi connectivity index (χ3v) is 9.02. The normalized spacial score (nSPS) is 14.8. The van der Waals surface area contributed by atoms with Gasteiger partial charge in [-0.2, -0.15) is 0 Å². The highest BCUT2D eigenvalue weighted by molar-refractivity contribution is 7.09. The second-order valence-corrected chi connectivity index (χ2v) is 14.2. The summed E-state index contributed by atoms with van der Waals surface area (Å²) in [7, 11) is 5.34. The van der Waals surface area contributed by atoms with Crippen molar-refractivity contribution in [2.75, 3.05) is 27.7 Å². The van der Waals surface area contributed by atoms with E-state index in [0.717, 1.165) is 12.0 Å². The number of nitrogens with one attached hydrogen (secondary N) is 2. The highest BCUT2D eigenvalue weighted by Crippen LogP contribution is 2.31. The third-order valence-electron chi connectivity index (χ3n) is 8.08. The van der Waals surface area contributed by atoms with Gasteiger partial charge in [-0.1, -0.05) is 78.3 Å². The number of rotatable bonds is 18. The fourth-order valence-electron chi connectivity index (χ4n) is 5.53. The predicted molar refractivity (Wildman–Crippen MR) is 183 cm³/mol. The fourth-order valence-corrected chi connectivity index (χ4v) is 6.37. The van der Waals surface area contributed by atoms with Crippen LogP contribution in [0.2, 0.25) is 0 Å². The number of aromatic nitrogens is 1. The molecule has 0 radical (unpaired) electrons. The first-order chi connectivity index (χ1) is 21.6. The molecule has 0 bridgehead atoms. The van der Waals surface area contributed by atoms with Gasteiger partial charge in [-0.15, -0.1) is 11.3 Å². The molecule has 0 saturated carbocycles. The van der Waals surface area contributed by atoms with Gasteiger partial charge in [0.1, 0.15) is 16.7 Å². The van der Waals surface area contributed by atoms with Crippen LogP contribution in [0.25, 0.3) is 0 Å². The number of ether oxygens (including phenoxy) is 1. The van der Waals surface area contributed by atoms with E-state index in [1.165, 1.54) is 18.3 Å². The topological polar surface area (TPSA) is 121 Å². The van der Waals surface area contributed by atoms with Crippen molar-refractivity contribution in [2.45, 2.75) is 98.4 Å². The molecule has 0 aliphatic rings. The lowest BCUT2D eigenvalue weighted by Crippen LogP contribution is -2.55. The third kappa shape index (κ3) is 12.5. The Morgan fingerprint density at radius 1 is 0.957 bits per heavy atom. The van der Waals surface area contributed by atoms with Crippen molar-refractivity contribution in [3.63, 3.8) is 0 Å². The lowest BCUT2D eigenvalue weighted by molar-refractivity contribution is -0.149. The maximum Gasteiger partial charge on any atom is 0.303 e. The largest absolute Gasteiger partial charge is 0.455 e. The minimum absolute atomic E-state index is 0.000392. The predicted octanol–water partition coefficient (Wildman–Crippen LogP) is 5.10. The summed E-state index contributed by atoms with van der Waals surface area (Å²) < 4.78 is 5.75. The van der Waals surface area contributed by atoms with Crippen molar-refractivity contribution in [1.29, 1.82) is 0 Å². The Balaban J connectivity index is 2.28. The molecule has 2 N–H and O–H groups in total. The van der Waals surface area contributed by atoms with E-state index in [9.17, 15) is 19.2 Å². The average molecular weight is 658 g/mol. The van der Waals surface area contributed by atoms with Crippen LogP contribution < -0.4 is 10.6 Å². The molecule has 0 spiro atoms. The second kappa shape index (κ2) is 18.7. The Morgan fingerprint density at radius 3 is 2.15 bits per heavy atom. The van der Waals surface area contributed by atoms with Crippen molar-refractivity contribution in [2.24, 2.45) is 17.8 Å². The van der Waals surface area contributed by atoms with Crippen LogP contribution in [0.15, 0.2) is 35.7 Å². The number of hydrogen-bond acceptors (Lipinski definition) is 8. The van der Waals surface area contributed by atoms with Crippen LogP contribution in [0, 0.1) is 17.8 Å². The molecule has 3 amide bonds. The van der Waals surface area contributed by atoms with E-state index in [4.69, 9.17) is 4.74 Å². The minimum atomic E-state index is -0.757. The van der Waals surface area contributed by atoms with Gasteiger partial charge in [-0.05, 0) is 50.3 Å². The molecule has 1 heterocycles. The molecule has 0 saturated heterocycles. The first kappa shape index (κ1) is 38.9. The number of hydrogen-bond donors (Lipinski definition) is 2. The van der Waals surface area contributed by atoms with E-state index in [-0.39, 0.29) is 60.3 Å². The number of nitrogens with zero attached hydrogens (tertiary/aromatic N) is 3. The fraction of sp³-hybridized carbons (Fsp3) is 0.629. The first-order valence-electron chi connectivity index (χ1n) is 16.3. The zero-order valence-corrected chi connectivity index (χ0v) is 30.1. The molecule has 2 aromatic rings. The van der Waals surface area contributed by atoms with Gasteiger partial charge in [0.05, 0.1) is 6.54 Å². The average Bonchev–Trinajstić information content (AvgIpc) is 3.47. The summed E-state index contributed by atoms with van der Waals surface area (Å²) in [5.74, 6) is -0.861. The molecule has 1 unspecified atom stereocenters. The molecule has 46 heavy (non-hydrogen) atoms. The van der Waals surface area contributed by atoms with Crippen LogP contribution in [0.4, 0.5) is 0 Å². The smallest absolute Gasteiger partial charge is 0.303 e. The van der Waals surface area contributed by atoms with Crippen LogP contribution in [0.3, 0.4) is 0 Å². The van der Waals surface area contributed by atoms with Gasteiger partial charge in [0.15, 0.2) is 6.10 Å². The van der Waals surface area contributed by atoms with Gasteiger partial charge >= 0.3 is 5.97 Å². The standard InChI is InChI=1S/C35H55N5O5S/c1-11-24(6)32(38-31(42)20-39(8)9)35(44)40(10)29(23(4)5)19-30(45-25(7)41)34-37-28(21-46-34)33(43)36-27(17-22(2)3)18-26-15-13-12-14-16-26/h12-16,21-24,27,29-30,32H,11,17-20H2,1-10H3,(H,36,43)(H,38,42)/t24?,27-,29-,30+,32+/m1/s1. The van der Waals surface area contributed by atoms with E-state index in [1.54, 1.807) is 36.3 Å². The first-order valence-corrected chi connectivity index (χ1v) is 17.2. The van der Waals surface area contributed by atoms with E-state index >= 15 is 0 Å². The van der Waals surface area contributed by atoms with Crippen LogP contribution >= 0.6 is 11.3 Å². The van der Waals surface area contributed by atoms with Gasteiger partial charge in [-0.3, -0.25) is 19.2 Å². The molecule has 10 nitrogen and oxygen atoms in total. The molecule has 1 aromatic heterocycles. The SMILES string of the molecule is CCC(C)[C@H](NC(=O)CN(C)C)C(=O)N(C)[C@H](C[C@H](OC(C)=O)c1nc(C(=O)N[C@@H](Cc2ccccc2)CC(C)C)cs1)C(C)C.